The van der Waals surface area contributed by atoms with Crippen LogP contribution in [0.1, 0.15) is 32.8 Å². The van der Waals surface area contributed by atoms with E-state index < -0.39 is 48.7 Å². The zero-order valence-corrected chi connectivity index (χ0v) is 17.8. The number of hydrogen-bond donors (Lipinski definition) is 4. The fourth-order valence-electron chi connectivity index (χ4n) is 2.27. The molecule has 0 radical (unpaired) electrons. The highest BCUT2D eigenvalue weighted by Gasteiger charge is 2.25. The minimum atomic E-state index is -0.868. The van der Waals surface area contributed by atoms with Gasteiger partial charge in [0.05, 0.1) is 13.2 Å². The van der Waals surface area contributed by atoms with E-state index in [0.29, 0.717) is 11.3 Å². The molecule has 1 aliphatic heterocycles. The van der Waals surface area contributed by atoms with Crippen LogP contribution in [0.25, 0.3) is 0 Å². The third-order valence-corrected chi connectivity index (χ3v) is 3.82. The number of hydrogen-bond acceptors (Lipinski definition) is 6. The summed E-state index contributed by atoms with van der Waals surface area (Å²) in [5.41, 5.74) is 1.20. The Morgan fingerprint density at radius 1 is 1.00 bits per heavy atom. The number of rotatable bonds is 8. The Hall–Kier alpha value is -3.53. The summed E-state index contributed by atoms with van der Waals surface area (Å²) in [5.74, 6) is -2.94. The van der Waals surface area contributed by atoms with Crippen LogP contribution < -0.4 is 16.0 Å². The standard InChI is InChI=1S/C18H20N4O6.C3H8/c1-11(18(28)21-13-4-2-12(10-23)3-5-13)20-14(24)8-19-15(25)9-22-16(26)6-7-17(22)27;1-3-2/h2-7,11,23H,8-10H2,1H3,(H,19,25)(H,20,24)(H,21,28);3H2,1-2H3. The zero-order chi connectivity index (χ0) is 23.4. The molecule has 2 rings (SSSR count). The van der Waals surface area contributed by atoms with Crippen LogP contribution in [0.15, 0.2) is 36.4 Å². The monoisotopic (exact) mass is 432 g/mol. The lowest BCUT2D eigenvalue weighted by molar-refractivity contribution is -0.141. The van der Waals surface area contributed by atoms with Gasteiger partial charge in [-0.25, -0.2) is 0 Å². The van der Waals surface area contributed by atoms with E-state index in [1.807, 2.05) is 0 Å². The van der Waals surface area contributed by atoms with Gasteiger partial charge in [0.25, 0.3) is 11.8 Å². The number of carbonyl (C=O) groups excluding carboxylic acids is 5. The highest BCUT2D eigenvalue weighted by Crippen LogP contribution is 2.09. The second-order valence-electron chi connectivity index (χ2n) is 6.71. The minimum absolute atomic E-state index is 0.108. The molecule has 4 N–H and O–H groups in total. The van der Waals surface area contributed by atoms with Gasteiger partial charge in [-0.2, -0.15) is 0 Å². The average molecular weight is 432 g/mol. The molecule has 10 heteroatoms. The van der Waals surface area contributed by atoms with Gasteiger partial charge in [-0.3, -0.25) is 28.9 Å². The van der Waals surface area contributed by atoms with E-state index in [9.17, 15) is 24.0 Å². The van der Waals surface area contributed by atoms with Gasteiger partial charge in [-0.1, -0.05) is 32.4 Å². The molecule has 0 saturated heterocycles. The van der Waals surface area contributed by atoms with Crippen LogP contribution in [0.5, 0.6) is 0 Å². The first-order valence-electron chi connectivity index (χ1n) is 9.82. The summed E-state index contributed by atoms with van der Waals surface area (Å²) in [6.07, 6.45) is 3.36. The third-order valence-electron chi connectivity index (χ3n) is 3.82. The van der Waals surface area contributed by atoms with Crippen molar-refractivity contribution in [2.75, 3.05) is 18.4 Å². The Kier molecular flexibility index (Phi) is 10.6. The molecular formula is C21H28N4O6. The Morgan fingerprint density at radius 3 is 2.06 bits per heavy atom. The largest absolute Gasteiger partial charge is 0.392 e. The van der Waals surface area contributed by atoms with Crippen molar-refractivity contribution in [2.45, 2.75) is 39.8 Å². The Morgan fingerprint density at radius 2 is 1.55 bits per heavy atom. The fourth-order valence-corrected chi connectivity index (χ4v) is 2.27. The van der Waals surface area contributed by atoms with E-state index in [0.717, 1.165) is 17.1 Å². The zero-order valence-electron chi connectivity index (χ0n) is 17.8. The molecule has 10 nitrogen and oxygen atoms in total. The molecule has 1 atom stereocenters. The van der Waals surface area contributed by atoms with E-state index in [1.165, 1.54) is 13.3 Å². The summed E-state index contributed by atoms with van der Waals surface area (Å²) in [6.45, 7) is 4.72. The molecule has 0 fully saturated rings. The second kappa shape index (κ2) is 12.9. The van der Waals surface area contributed by atoms with Gasteiger partial charge in [0, 0.05) is 17.8 Å². The van der Waals surface area contributed by atoms with E-state index in [2.05, 4.69) is 29.8 Å². The highest BCUT2D eigenvalue weighted by atomic mass is 16.3. The molecule has 0 aromatic heterocycles. The SMILES string of the molecule is CC(NC(=O)CNC(=O)CN1C(=O)C=CC1=O)C(=O)Nc1ccc(CO)cc1.CCC. The number of carbonyl (C=O) groups is 5. The van der Waals surface area contributed by atoms with Crippen molar-refractivity contribution < 1.29 is 29.1 Å². The summed E-state index contributed by atoms with van der Waals surface area (Å²) in [7, 11) is 0. The summed E-state index contributed by atoms with van der Waals surface area (Å²) in [6, 6.07) is 5.68. The molecule has 0 bridgehead atoms. The van der Waals surface area contributed by atoms with Gasteiger partial charge in [0.15, 0.2) is 0 Å². The molecule has 5 amide bonds. The molecule has 1 aromatic rings. The van der Waals surface area contributed by atoms with Crippen molar-refractivity contribution in [3.63, 3.8) is 0 Å². The number of aliphatic hydroxyl groups is 1. The minimum Gasteiger partial charge on any atom is -0.392 e. The number of aliphatic hydroxyl groups excluding tert-OH is 1. The normalized spacial score (nSPS) is 13.2. The van der Waals surface area contributed by atoms with Crippen molar-refractivity contribution in [3.8, 4) is 0 Å². The predicted molar refractivity (Wildman–Crippen MR) is 113 cm³/mol. The topological polar surface area (TPSA) is 145 Å². The van der Waals surface area contributed by atoms with E-state index in [4.69, 9.17) is 5.11 Å². The van der Waals surface area contributed by atoms with Gasteiger partial charge >= 0.3 is 0 Å². The maximum Gasteiger partial charge on any atom is 0.254 e. The molecule has 168 valence electrons. The van der Waals surface area contributed by atoms with Gasteiger partial charge in [0.1, 0.15) is 12.6 Å². The first-order chi connectivity index (χ1) is 14.7. The van der Waals surface area contributed by atoms with E-state index in [1.54, 1.807) is 24.3 Å². The lowest BCUT2D eigenvalue weighted by atomic mass is 10.2. The summed E-state index contributed by atoms with van der Waals surface area (Å²) >= 11 is 0. The van der Waals surface area contributed by atoms with E-state index >= 15 is 0 Å². The molecule has 31 heavy (non-hydrogen) atoms. The Bertz CT molecular complexity index is 817. The van der Waals surface area contributed by atoms with Crippen molar-refractivity contribution in [2.24, 2.45) is 0 Å². The van der Waals surface area contributed by atoms with Crippen molar-refractivity contribution in [1.82, 2.24) is 15.5 Å². The van der Waals surface area contributed by atoms with Crippen molar-refractivity contribution >= 4 is 35.2 Å². The van der Waals surface area contributed by atoms with E-state index in [-0.39, 0.29) is 6.61 Å². The molecule has 0 saturated carbocycles. The number of anilines is 1. The van der Waals surface area contributed by atoms with Crippen LogP contribution in [-0.2, 0) is 30.6 Å². The van der Waals surface area contributed by atoms with Gasteiger partial charge < -0.3 is 21.1 Å². The van der Waals surface area contributed by atoms with Crippen LogP contribution in [0.4, 0.5) is 5.69 Å². The molecule has 1 unspecified atom stereocenters. The van der Waals surface area contributed by atoms with Gasteiger partial charge in [0.2, 0.25) is 17.7 Å². The molecule has 0 aliphatic carbocycles. The quantitative estimate of drug-likeness (QED) is 0.428. The number of nitrogens with zero attached hydrogens (tertiary/aromatic N) is 1. The van der Waals surface area contributed by atoms with Crippen LogP contribution >= 0.6 is 0 Å². The molecule has 1 heterocycles. The van der Waals surface area contributed by atoms with Crippen LogP contribution in [0.3, 0.4) is 0 Å². The molecular weight excluding hydrogens is 404 g/mol. The maximum atomic E-state index is 12.1. The summed E-state index contributed by atoms with van der Waals surface area (Å²) in [4.78, 5) is 59.2. The highest BCUT2D eigenvalue weighted by molar-refractivity contribution is 6.14. The number of nitrogens with one attached hydrogen (secondary N) is 3. The molecule has 0 spiro atoms. The van der Waals surface area contributed by atoms with Crippen molar-refractivity contribution in [3.05, 3.63) is 42.0 Å². The summed E-state index contributed by atoms with van der Waals surface area (Å²) < 4.78 is 0. The molecule has 1 aliphatic rings. The second-order valence-corrected chi connectivity index (χ2v) is 6.71. The smallest absolute Gasteiger partial charge is 0.254 e. The molecule has 1 aromatic carbocycles. The van der Waals surface area contributed by atoms with Crippen LogP contribution in [0.2, 0.25) is 0 Å². The number of benzene rings is 1. The first-order valence-corrected chi connectivity index (χ1v) is 9.82. The van der Waals surface area contributed by atoms with Crippen LogP contribution in [-0.4, -0.2) is 58.7 Å². The van der Waals surface area contributed by atoms with Gasteiger partial charge in [-0.15, -0.1) is 0 Å². The number of amides is 5. The predicted octanol–water partition coefficient (Wildman–Crippen LogP) is 0.0796. The fraction of sp³-hybridized carbons (Fsp3) is 0.381. The van der Waals surface area contributed by atoms with Crippen LogP contribution in [0, 0.1) is 0 Å². The Balaban J connectivity index is 0.00000151. The lowest BCUT2D eigenvalue weighted by Crippen LogP contribution is -2.47. The number of imide groups is 1. The van der Waals surface area contributed by atoms with Crippen molar-refractivity contribution in [1.29, 1.82) is 0 Å². The lowest BCUT2D eigenvalue weighted by Gasteiger charge is -2.16. The Labute approximate surface area is 180 Å². The van der Waals surface area contributed by atoms with Gasteiger partial charge in [-0.05, 0) is 24.6 Å². The average Bonchev–Trinajstić information content (AvgIpc) is 3.05. The maximum absolute atomic E-state index is 12.1. The first kappa shape index (κ1) is 25.5. The summed E-state index contributed by atoms with van der Waals surface area (Å²) in [5, 5.41) is 16.3. The third kappa shape index (κ3) is 8.79.